The molecule has 0 bridgehead atoms. The van der Waals surface area contributed by atoms with Crippen molar-refractivity contribution < 1.29 is 13.3 Å². The first-order valence-electron chi connectivity index (χ1n) is 7.00. The van der Waals surface area contributed by atoms with Gasteiger partial charge in [0.25, 0.3) is 5.69 Å². The highest BCUT2D eigenvalue weighted by atomic mass is 32.2. The van der Waals surface area contributed by atoms with Crippen LogP contribution in [0.15, 0.2) is 23.1 Å². The van der Waals surface area contributed by atoms with E-state index in [2.05, 4.69) is 4.72 Å². The van der Waals surface area contributed by atoms with E-state index in [0.717, 1.165) is 0 Å². The minimum absolute atomic E-state index is 0.000897. The summed E-state index contributed by atoms with van der Waals surface area (Å²) in [6.07, 6.45) is 0.592. The number of nitrogens with one attached hydrogen (secondary N) is 1. The van der Waals surface area contributed by atoms with Gasteiger partial charge in [-0.3, -0.25) is 10.1 Å². The second kappa shape index (κ2) is 6.72. The summed E-state index contributed by atoms with van der Waals surface area (Å²) in [6, 6.07) is 3.73. The van der Waals surface area contributed by atoms with Crippen molar-refractivity contribution in [2.24, 2.45) is 11.7 Å². The van der Waals surface area contributed by atoms with Crippen LogP contribution in [0, 0.1) is 23.0 Å². The van der Waals surface area contributed by atoms with E-state index in [1.807, 2.05) is 13.8 Å². The standard InChI is InChI=1S/C14H23N3O4S/c1-10(2)8-14(4,9-15)16-22(20,21)12-5-6-13(17(18)19)11(3)7-12/h5-7,10,16H,8-9,15H2,1-4H3. The third-order valence-corrected chi connectivity index (χ3v) is 5.00. The minimum atomic E-state index is -3.79. The van der Waals surface area contributed by atoms with Crippen LogP contribution in [0.2, 0.25) is 0 Å². The number of hydrogen-bond donors (Lipinski definition) is 2. The van der Waals surface area contributed by atoms with Crippen LogP contribution in [0.4, 0.5) is 5.69 Å². The first-order chi connectivity index (χ1) is 10.0. The van der Waals surface area contributed by atoms with E-state index in [-0.39, 0.29) is 23.0 Å². The van der Waals surface area contributed by atoms with Gasteiger partial charge in [-0.15, -0.1) is 0 Å². The fourth-order valence-corrected chi connectivity index (χ4v) is 3.96. The average molecular weight is 329 g/mol. The largest absolute Gasteiger partial charge is 0.329 e. The lowest BCUT2D eigenvalue weighted by atomic mass is 9.92. The molecule has 0 radical (unpaired) electrons. The molecule has 8 heteroatoms. The third kappa shape index (κ3) is 4.49. The molecule has 0 heterocycles. The highest BCUT2D eigenvalue weighted by molar-refractivity contribution is 7.89. The Hall–Kier alpha value is -1.51. The number of nitro groups is 1. The van der Waals surface area contributed by atoms with Crippen LogP contribution in [-0.2, 0) is 10.0 Å². The van der Waals surface area contributed by atoms with Gasteiger partial charge in [0, 0.05) is 23.7 Å². The lowest BCUT2D eigenvalue weighted by molar-refractivity contribution is -0.385. The van der Waals surface area contributed by atoms with Crippen LogP contribution < -0.4 is 10.5 Å². The molecule has 7 nitrogen and oxygen atoms in total. The maximum Gasteiger partial charge on any atom is 0.272 e. The molecule has 22 heavy (non-hydrogen) atoms. The van der Waals surface area contributed by atoms with Crippen LogP contribution >= 0.6 is 0 Å². The Morgan fingerprint density at radius 2 is 2.00 bits per heavy atom. The normalized spacial score (nSPS) is 14.8. The van der Waals surface area contributed by atoms with Gasteiger partial charge in [0.1, 0.15) is 0 Å². The van der Waals surface area contributed by atoms with Gasteiger partial charge in [0.05, 0.1) is 9.82 Å². The lowest BCUT2D eigenvalue weighted by Crippen LogP contribution is -2.51. The zero-order valence-corrected chi connectivity index (χ0v) is 14.1. The zero-order chi connectivity index (χ0) is 17.1. The van der Waals surface area contributed by atoms with Gasteiger partial charge in [0.2, 0.25) is 10.0 Å². The van der Waals surface area contributed by atoms with Crippen molar-refractivity contribution in [1.29, 1.82) is 0 Å². The molecular formula is C14H23N3O4S. The van der Waals surface area contributed by atoms with Gasteiger partial charge in [-0.05, 0) is 38.3 Å². The summed E-state index contributed by atoms with van der Waals surface area (Å²) in [4.78, 5) is 10.3. The monoisotopic (exact) mass is 329 g/mol. The van der Waals surface area contributed by atoms with Gasteiger partial charge in [-0.2, -0.15) is 0 Å². The second-order valence-electron chi connectivity index (χ2n) is 6.17. The summed E-state index contributed by atoms with van der Waals surface area (Å²) in [5, 5.41) is 10.8. The quantitative estimate of drug-likeness (QED) is 0.586. The SMILES string of the molecule is Cc1cc(S(=O)(=O)NC(C)(CN)CC(C)C)ccc1[N+](=O)[O-]. The number of benzene rings is 1. The highest BCUT2D eigenvalue weighted by Gasteiger charge is 2.30. The van der Waals surface area contributed by atoms with Crippen LogP contribution in [-0.4, -0.2) is 25.4 Å². The van der Waals surface area contributed by atoms with Crippen molar-refractivity contribution in [3.8, 4) is 0 Å². The molecule has 124 valence electrons. The van der Waals surface area contributed by atoms with E-state index >= 15 is 0 Å². The summed E-state index contributed by atoms with van der Waals surface area (Å²) in [5.41, 5.74) is 5.15. The molecule has 1 aromatic carbocycles. The molecule has 0 saturated heterocycles. The van der Waals surface area contributed by atoms with Crippen LogP contribution in [0.5, 0.6) is 0 Å². The van der Waals surface area contributed by atoms with Crippen molar-refractivity contribution in [2.45, 2.75) is 44.6 Å². The Kier molecular flexibility index (Phi) is 5.66. The average Bonchev–Trinajstić information content (AvgIpc) is 2.36. The summed E-state index contributed by atoms with van der Waals surface area (Å²) < 4.78 is 27.6. The number of nitro benzene ring substituents is 1. The zero-order valence-electron chi connectivity index (χ0n) is 13.3. The summed E-state index contributed by atoms with van der Waals surface area (Å²) in [7, 11) is -3.79. The Bertz CT molecular complexity index is 658. The molecule has 0 fully saturated rings. The number of nitrogens with two attached hydrogens (primary N) is 1. The van der Waals surface area contributed by atoms with E-state index in [1.54, 1.807) is 6.92 Å². The Morgan fingerprint density at radius 1 is 1.41 bits per heavy atom. The summed E-state index contributed by atoms with van der Waals surface area (Å²) in [6.45, 7) is 7.39. The molecule has 0 aromatic heterocycles. The fraction of sp³-hybridized carbons (Fsp3) is 0.571. The van der Waals surface area contributed by atoms with Gasteiger partial charge < -0.3 is 5.73 Å². The molecular weight excluding hydrogens is 306 g/mol. The Morgan fingerprint density at radius 3 is 2.41 bits per heavy atom. The van der Waals surface area contributed by atoms with Gasteiger partial charge >= 0.3 is 0 Å². The molecule has 1 rings (SSSR count). The van der Waals surface area contributed by atoms with Crippen molar-refractivity contribution in [2.75, 3.05) is 6.54 Å². The predicted octanol–water partition coefficient (Wildman–Crippen LogP) is 1.95. The van der Waals surface area contributed by atoms with Crippen LogP contribution in [0.25, 0.3) is 0 Å². The number of aryl methyl sites for hydroxylation is 1. The molecule has 1 aromatic rings. The molecule has 0 aliphatic carbocycles. The fourth-order valence-electron chi connectivity index (χ4n) is 2.45. The van der Waals surface area contributed by atoms with Crippen molar-refractivity contribution in [3.05, 3.63) is 33.9 Å². The second-order valence-corrected chi connectivity index (χ2v) is 7.86. The van der Waals surface area contributed by atoms with Crippen LogP contribution in [0.1, 0.15) is 32.8 Å². The molecule has 0 amide bonds. The van der Waals surface area contributed by atoms with Crippen molar-refractivity contribution in [3.63, 3.8) is 0 Å². The Labute approximate surface area is 131 Å². The topological polar surface area (TPSA) is 115 Å². The predicted molar refractivity (Wildman–Crippen MR) is 85.1 cm³/mol. The smallest absolute Gasteiger partial charge is 0.272 e. The first kappa shape index (κ1) is 18.5. The molecule has 3 N–H and O–H groups in total. The minimum Gasteiger partial charge on any atom is -0.329 e. The third-order valence-electron chi connectivity index (χ3n) is 3.37. The number of rotatable bonds is 7. The number of nitrogens with zero attached hydrogens (tertiary/aromatic N) is 1. The van der Waals surface area contributed by atoms with Crippen molar-refractivity contribution >= 4 is 15.7 Å². The number of hydrogen-bond acceptors (Lipinski definition) is 5. The summed E-state index contributed by atoms with van der Waals surface area (Å²) >= 11 is 0. The molecule has 1 unspecified atom stereocenters. The van der Waals surface area contributed by atoms with Crippen LogP contribution in [0.3, 0.4) is 0 Å². The summed E-state index contributed by atoms with van der Waals surface area (Å²) in [5.74, 6) is 0.273. The van der Waals surface area contributed by atoms with Gasteiger partial charge in [-0.1, -0.05) is 13.8 Å². The first-order valence-corrected chi connectivity index (χ1v) is 8.48. The van der Waals surface area contributed by atoms with Crippen molar-refractivity contribution in [1.82, 2.24) is 4.72 Å². The van der Waals surface area contributed by atoms with E-state index in [4.69, 9.17) is 5.73 Å². The van der Waals surface area contributed by atoms with Gasteiger partial charge in [-0.25, -0.2) is 13.1 Å². The van der Waals surface area contributed by atoms with E-state index < -0.39 is 20.5 Å². The highest BCUT2D eigenvalue weighted by Crippen LogP contribution is 2.24. The maximum absolute atomic E-state index is 12.5. The lowest BCUT2D eigenvalue weighted by Gasteiger charge is -2.30. The number of sulfonamides is 1. The van der Waals surface area contributed by atoms with E-state index in [0.29, 0.717) is 12.0 Å². The molecule has 0 aliphatic rings. The molecule has 1 atom stereocenters. The molecule has 0 spiro atoms. The van der Waals surface area contributed by atoms with E-state index in [9.17, 15) is 18.5 Å². The van der Waals surface area contributed by atoms with E-state index in [1.165, 1.54) is 25.1 Å². The molecule has 0 aliphatic heterocycles. The van der Waals surface area contributed by atoms with Gasteiger partial charge in [0.15, 0.2) is 0 Å². The maximum atomic E-state index is 12.5. The Balaban J connectivity index is 3.14. The molecule has 0 saturated carbocycles.